The average molecular weight is 259 g/mol. The Hall–Kier alpha value is -2.10. The monoisotopic (exact) mass is 259 g/mol. The molecule has 0 unspecified atom stereocenters. The van der Waals surface area contributed by atoms with E-state index in [1.807, 2.05) is 32.9 Å². The molecule has 4 heteroatoms. The van der Waals surface area contributed by atoms with Crippen LogP contribution in [0, 0.1) is 6.92 Å². The van der Waals surface area contributed by atoms with Gasteiger partial charge in [-0.3, -0.25) is 0 Å². The van der Waals surface area contributed by atoms with Gasteiger partial charge in [0, 0.05) is 11.1 Å². The summed E-state index contributed by atoms with van der Waals surface area (Å²) in [5.74, 6) is -0.177. The van der Waals surface area contributed by atoms with E-state index >= 15 is 0 Å². The molecule has 0 bridgehead atoms. The van der Waals surface area contributed by atoms with Gasteiger partial charge >= 0.3 is 5.97 Å². The summed E-state index contributed by atoms with van der Waals surface area (Å²) in [6, 6.07) is 5.33. The van der Waals surface area contributed by atoms with Gasteiger partial charge in [0.2, 0.25) is 0 Å². The van der Waals surface area contributed by atoms with Crippen LogP contribution in [0.1, 0.15) is 41.4 Å². The van der Waals surface area contributed by atoms with Gasteiger partial charge in [-0.2, -0.15) is 0 Å². The first-order valence-electron chi connectivity index (χ1n) is 6.17. The highest BCUT2D eigenvalue weighted by Crippen LogP contribution is 2.31. The minimum Gasteiger partial charge on any atom is -0.494 e. The first-order valence-corrected chi connectivity index (χ1v) is 6.17. The molecule has 0 radical (unpaired) electrons. The maximum absolute atomic E-state index is 11.5. The lowest BCUT2D eigenvalue weighted by atomic mass is 9.99. The second kappa shape index (κ2) is 4.88. The van der Waals surface area contributed by atoms with Crippen molar-refractivity contribution < 1.29 is 14.6 Å². The van der Waals surface area contributed by atoms with Crippen LogP contribution in [0.15, 0.2) is 18.2 Å². The van der Waals surface area contributed by atoms with Gasteiger partial charge in [-0.05, 0) is 30.5 Å². The molecule has 0 fully saturated rings. The van der Waals surface area contributed by atoms with Crippen LogP contribution in [0.2, 0.25) is 0 Å². The number of aromatic nitrogens is 1. The van der Waals surface area contributed by atoms with E-state index in [9.17, 15) is 9.90 Å². The molecule has 1 aromatic heterocycles. The first-order chi connectivity index (χ1) is 8.95. The van der Waals surface area contributed by atoms with E-state index in [0.29, 0.717) is 16.7 Å². The van der Waals surface area contributed by atoms with E-state index in [1.165, 1.54) is 0 Å². The fraction of sp³-hybridized carbons (Fsp3) is 0.333. The molecule has 1 aromatic carbocycles. The SMILES string of the molecule is COc1ccc(C)c2c(C(=O)O)cc(C(C)C)nc12. The van der Waals surface area contributed by atoms with Crippen molar-refractivity contribution in [1.29, 1.82) is 0 Å². The van der Waals surface area contributed by atoms with Crippen LogP contribution in [0.4, 0.5) is 0 Å². The molecule has 0 aliphatic heterocycles. The van der Waals surface area contributed by atoms with Crippen molar-refractivity contribution in [2.75, 3.05) is 7.11 Å². The van der Waals surface area contributed by atoms with Gasteiger partial charge < -0.3 is 9.84 Å². The number of carboxylic acids is 1. The molecule has 19 heavy (non-hydrogen) atoms. The number of aryl methyl sites for hydroxylation is 1. The van der Waals surface area contributed by atoms with Crippen molar-refractivity contribution in [1.82, 2.24) is 4.98 Å². The molecule has 0 atom stereocenters. The van der Waals surface area contributed by atoms with Crippen molar-refractivity contribution in [3.8, 4) is 5.75 Å². The topological polar surface area (TPSA) is 59.4 Å². The maximum atomic E-state index is 11.5. The molecule has 0 aliphatic rings. The quantitative estimate of drug-likeness (QED) is 0.918. The number of benzene rings is 1. The minimum atomic E-state index is -0.939. The van der Waals surface area contributed by atoms with Crippen LogP contribution >= 0.6 is 0 Å². The van der Waals surface area contributed by atoms with E-state index in [4.69, 9.17) is 4.74 Å². The van der Waals surface area contributed by atoms with Crippen LogP contribution in [0.5, 0.6) is 5.75 Å². The number of methoxy groups -OCH3 is 1. The van der Waals surface area contributed by atoms with Gasteiger partial charge in [-0.15, -0.1) is 0 Å². The van der Waals surface area contributed by atoms with Crippen molar-refractivity contribution in [2.24, 2.45) is 0 Å². The van der Waals surface area contributed by atoms with E-state index in [-0.39, 0.29) is 11.5 Å². The van der Waals surface area contributed by atoms with Crippen molar-refractivity contribution in [3.63, 3.8) is 0 Å². The third-order valence-corrected chi connectivity index (χ3v) is 3.19. The Labute approximate surface area is 112 Å². The van der Waals surface area contributed by atoms with E-state index in [1.54, 1.807) is 13.2 Å². The molecule has 0 aliphatic carbocycles. The van der Waals surface area contributed by atoms with Crippen molar-refractivity contribution in [2.45, 2.75) is 26.7 Å². The Morgan fingerprint density at radius 1 is 1.37 bits per heavy atom. The molecule has 2 rings (SSSR count). The second-order valence-corrected chi connectivity index (χ2v) is 4.86. The smallest absolute Gasteiger partial charge is 0.336 e. The van der Waals surface area contributed by atoms with Gasteiger partial charge in [0.15, 0.2) is 0 Å². The number of carboxylic acid groups (broad SMARTS) is 1. The number of pyridine rings is 1. The summed E-state index contributed by atoms with van der Waals surface area (Å²) in [5, 5.41) is 10.1. The Balaban J connectivity index is 2.94. The lowest BCUT2D eigenvalue weighted by Gasteiger charge is -2.13. The molecular formula is C15H17NO3. The zero-order valence-electron chi connectivity index (χ0n) is 11.5. The molecule has 4 nitrogen and oxygen atoms in total. The van der Waals surface area contributed by atoms with Crippen LogP contribution in [-0.2, 0) is 0 Å². The van der Waals surface area contributed by atoms with Gasteiger partial charge in [-0.25, -0.2) is 9.78 Å². The van der Waals surface area contributed by atoms with Crippen LogP contribution in [0.25, 0.3) is 10.9 Å². The van der Waals surface area contributed by atoms with Gasteiger partial charge in [0.25, 0.3) is 0 Å². The molecule has 100 valence electrons. The number of hydrogen-bond donors (Lipinski definition) is 1. The van der Waals surface area contributed by atoms with E-state index in [0.717, 1.165) is 11.3 Å². The fourth-order valence-electron chi connectivity index (χ4n) is 2.13. The Morgan fingerprint density at radius 2 is 2.05 bits per heavy atom. The number of nitrogens with zero attached hydrogens (tertiary/aromatic N) is 1. The van der Waals surface area contributed by atoms with Crippen LogP contribution < -0.4 is 4.74 Å². The summed E-state index contributed by atoms with van der Waals surface area (Å²) in [6.45, 7) is 5.86. The predicted molar refractivity (Wildman–Crippen MR) is 74.1 cm³/mol. The minimum absolute atomic E-state index is 0.160. The third-order valence-electron chi connectivity index (χ3n) is 3.19. The Morgan fingerprint density at radius 3 is 2.58 bits per heavy atom. The second-order valence-electron chi connectivity index (χ2n) is 4.86. The summed E-state index contributed by atoms with van der Waals surface area (Å²) in [4.78, 5) is 16.0. The number of rotatable bonds is 3. The fourth-order valence-corrected chi connectivity index (χ4v) is 2.13. The summed E-state index contributed by atoms with van der Waals surface area (Å²) in [7, 11) is 1.56. The average Bonchev–Trinajstić information content (AvgIpc) is 2.37. The normalized spacial score (nSPS) is 11.0. The molecule has 0 saturated carbocycles. The highest BCUT2D eigenvalue weighted by atomic mass is 16.5. The van der Waals surface area contributed by atoms with Crippen LogP contribution in [-0.4, -0.2) is 23.2 Å². The summed E-state index contributed by atoms with van der Waals surface area (Å²) in [5.41, 5.74) is 2.54. The first kappa shape index (κ1) is 13.3. The third kappa shape index (κ3) is 2.26. The standard InChI is InChI=1S/C15H17NO3/c1-8(2)11-7-10(15(17)18)13-9(3)5-6-12(19-4)14(13)16-11/h5-8H,1-4H3,(H,17,18). The Bertz CT molecular complexity index is 647. The predicted octanol–water partition coefficient (Wildman–Crippen LogP) is 3.37. The molecule has 0 spiro atoms. The van der Waals surface area contributed by atoms with Crippen molar-refractivity contribution in [3.05, 3.63) is 35.0 Å². The van der Waals surface area contributed by atoms with Gasteiger partial charge in [0.1, 0.15) is 11.3 Å². The lowest BCUT2D eigenvalue weighted by Crippen LogP contribution is -2.05. The largest absolute Gasteiger partial charge is 0.494 e. The molecule has 2 aromatic rings. The van der Waals surface area contributed by atoms with E-state index in [2.05, 4.69) is 4.98 Å². The number of aromatic carboxylic acids is 1. The maximum Gasteiger partial charge on any atom is 0.336 e. The molecule has 1 N–H and O–H groups in total. The molecular weight excluding hydrogens is 242 g/mol. The summed E-state index contributed by atoms with van der Waals surface area (Å²) in [6.07, 6.45) is 0. The molecule has 0 amide bonds. The number of ether oxygens (including phenoxy) is 1. The lowest BCUT2D eigenvalue weighted by molar-refractivity contribution is 0.0698. The number of carbonyl (C=O) groups is 1. The van der Waals surface area contributed by atoms with Gasteiger partial charge in [0.05, 0.1) is 12.7 Å². The number of hydrogen-bond acceptors (Lipinski definition) is 3. The molecule has 0 saturated heterocycles. The zero-order valence-corrected chi connectivity index (χ0v) is 11.5. The van der Waals surface area contributed by atoms with Crippen LogP contribution in [0.3, 0.4) is 0 Å². The highest BCUT2D eigenvalue weighted by molar-refractivity contribution is 6.05. The Kier molecular flexibility index (Phi) is 3.42. The molecule has 1 heterocycles. The number of fused-ring (bicyclic) bond motifs is 1. The van der Waals surface area contributed by atoms with Crippen molar-refractivity contribution >= 4 is 16.9 Å². The van der Waals surface area contributed by atoms with E-state index < -0.39 is 5.97 Å². The van der Waals surface area contributed by atoms with Gasteiger partial charge in [-0.1, -0.05) is 19.9 Å². The highest BCUT2D eigenvalue weighted by Gasteiger charge is 2.17. The zero-order chi connectivity index (χ0) is 14.2. The summed E-state index contributed by atoms with van der Waals surface area (Å²) >= 11 is 0. The summed E-state index contributed by atoms with van der Waals surface area (Å²) < 4.78 is 5.30.